The third-order valence-electron chi connectivity index (χ3n) is 9.29. The van der Waals surface area contributed by atoms with E-state index in [-0.39, 0.29) is 24.8 Å². The van der Waals surface area contributed by atoms with Gasteiger partial charge in [0, 0.05) is 43.3 Å². The van der Waals surface area contributed by atoms with Crippen LogP contribution < -0.4 is 10.6 Å². The Balaban J connectivity index is 1.18. The van der Waals surface area contributed by atoms with Crippen molar-refractivity contribution in [3.63, 3.8) is 0 Å². The third kappa shape index (κ3) is 7.29. The number of nitrogens with zero attached hydrogens (tertiary/aromatic N) is 1. The number of anilines is 1. The van der Waals surface area contributed by atoms with Gasteiger partial charge in [-0.3, -0.25) is 4.90 Å². The Morgan fingerprint density at radius 1 is 0.930 bits per heavy atom. The average Bonchev–Trinajstić information content (AvgIpc) is 3.23. The summed E-state index contributed by atoms with van der Waals surface area (Å²) in [5.41, 5.74) is 5.28. The molecule has 2 aliphatic heterocycles. The van der Waals surface area contributed by atoms with Gasteiger partial charge < -0.3 is 25.2 Å². The van der Waals surface area contributed by atoms with Gasteiger partial charge in [0.1, 0.15) is 0 Å². The molecule has 2 saturated heterocycles. The van der Waals surface area contributed by atoms with Crippen molar-refractivity contribution in [2.24, 2.45) is 10.8 Å². The van der Waals surface area contributed by atoms with Crippen molar-refractivity contribution in [2.45, 2.75) is 84.1 Å². The van der Waals surface area contributed by atoms with Crippen LogP contribution in [0.25, 0.3) is 0 Å². The lowest BCUT2D eigenvalue weighted by Crippen LogP contribution is -2.42. The summed E-state index contributed by atoms with van der Waals surface area (Å²) in [5.74, 6) is 0. The zero-order valence-electron chi connectivity index (χ0n) is 25.6. The highest BCUT2D eigenvalue weighted by Crippen LogP contribution is 2.53. The summed E-state index contributed by atoms with van der Waals surface area (Å²) < 4.78 is 13.3. The van der Waals surface area contributed by atoms with Gasteiger partial charge in [-0.2, -0.15) is 0 Å². The number of nitrogens with one attached hydrogen (secondary N) is 2. The van der Waals surface area contributed by atoms with E-state index in [4.69, 9.17) is 9.47 Å². The number of hydrogen-bond donors (Lipinski definition) is 3. The molecule has 0 aromatic heterocycles. The normalized spacial score (nSPS) is 28.4. The molecule has 3 fully saturated rings. The molecule has 5 atom stereocenters. The van der Waals surface area contributed by atoms with Crippen LogP contribution in [-0.4, -0.2) is 41.3 Å². The SMILES string of the molecule is CC1(C)CC2CC(C)(CN2CC2CC(c3ccc(CO)cc3)OC(c3cccc(NC(=O)NCc4ccccc4)c3)O2)C1. The van der Waals surface area contributed by atoms with Gasteiger partial charge >= 0.3 is 6.03 Å². The molecular formula is C36H45N3O4. The minimum atomic E-state index is -0.565. The molecule has 2 amide bonds. The molecule has 0 spiro atoms. The molecule has 5 unspecified atom stereocenters. The smallest absolute Gasteiger partial charge is 0.319 e. The van der Waals surface area contributed by atoms with Crippen LogP contribution >= 0.6 is 0 Å². The molecule has 3 aromatic rings. The van der Waals surface area contributed by atoms with E-state index in [0.29, 0.717) is 29.1 Å². The standard InChI is InChI=1S/C36H45N3O4/c1-35(2)18-30-19-36(3,23-35)24-39(30)21-31-17-32(27-14-12-26(22-40)13-15-27)43-33(42-31)28-10-7-11-29(16-28)38-34(41)37-20-25-8-5-4-6-9-25/h4-16,30-33,40H,17-24H2,1-3H3,(H2,37,38,41). The molecule has 43 heavy (non-hydrogen) atoms. The Bertz CT molecular complexity index is 1400. The molecule has 1 aliphatic carbocycles. The molecule has 1 saturated carbocycles. The Morgan fingerprint density at radius 3 is 2.49 bits per heavy atom. The number of rotatable bonds is 8. The number of urea groups is 1. The summed E-state index contributed by atoms with van der Waals surface area (Å²) in [5, 5.41) is 15.4. The van der Waals surface area contributed by atoms with E-state index < -0.39 is 6.29 Å². The Kier molecular flexibility index (Phi) is 8.60. The number of amides is 2. The van der Waals surface area contributed by atoms with Crippen LogP contribution in [0.4, 0.5) is 10.5 Å². The highest BCUT2D eigenvalue weighted by Gasteiger charge is 2.50. The second-order valence-electron chi connectivity index (χ2n) is 13.9. The lowest BCUT2D eigenvalue weighted by Gasteiger charge is -2.41. The van der Waals surface area contributed by atoms with Crippen molar-refractivity contribution in [1.82, 2.24) is 10.2 Å². The van der Waals surface area contributed by atoms with Gasteiger partial charge in [-0.15, -0.1) is 0 Å². The lowest BCUT2D eigenvalue weighted by atomic mass is 9.65. The topological polar surface area (TPSA) is 83.1 Å². The molecule has 3 aromatic carbocycles. The van der Waals surface area contributed by atoms with Gasteiger partial charge in [-0.05, 0) is 58.9 Å². The molecule has 7 nitrogen and oxygen atoms in total. The van der Waals surface area contributed by atoms with Crippen LogP contribution in [0.15, 0.2) is 78.9 Å². The number of fused-ring (bicyclic) bond motifs is 2. The highest BCUT2D eigenvalue weighted by molar-refractivity contribution is 5.89. The first kappa shape index (κ1) is 29.8. The molecule has 2 bridgehead atoms. The van der Waals surface area contributed by atoms with Gasteiger partial charge in [-0.25, -0.2) is 4.79 Å². The number of aliphatic hydroxyl groups excluding tert-OH is 1. The Morgan fingerprint density at radius 2 is 1.72 bits per heavy atom. The van der Waals surface area contributed by atoms with Gasteiger partial charge in [0.25, 0.3) is 0 Å². The minimum absolute atomic E-state index is 0.00174. The second-order valence-corrected chi connectivity index (χ2v) is 13.9. The predicted octanol–water partition coefficient (Wildman–Crippen LogP) is 6.95. The summed E-state index contributed by atoms with van der Waals surface area (Å²) in [6, 6.07) is 25.9. The molecule has 7 heteroatoms. The molecule has 3 N–H and O–H groups in total. The Labute approximate surface area is 255 Å². The van der Waals surface area contributed by atoms with Crippen LogP contribution in [-0.2, 0) is 22.6 Å². The number of aliphatic hydroxyl groups is 1. The monoisotopic (exact) mass is 583 g/mol. The fraction of sp³-hybridized carbons (Fsp3) is 0.472. The zero-order chi connectivity index (χ0) is 30.0. The first-order valence-electron chi connectivity index (χ1n) is 15.6. The van der Waals surface area contributed by atoms with E-state index in [1.54, 1.807) is 0 Å². The van der Waals surface area contributed by atoms with Crippen molar-refractivity contribution in [2.75, 3.05) is 18.4 Å². The number of carbonyl (C=O) groups is 1. The van der Waals surface area contributed by atoms with E-state index in [1.807, 2.05) is 66.7 Å². The Hall–Kier alpha value is -3.23. The minimum Gasteiger partial charge on any atom is -0.392 e. The van der Waals surface area contributed by atoms with E-state index >= 15 is 0 Å². The molecular weight excluding hydrogens is 538 g/mol. The number of ether oxygens (including phenoxy) is 2. The number of benzene rings is 3. The van der Waals surface area contributed by atoms with E-state index in [0.717, 1.165) is 41.8 Å². The summed E-state index contributed by atoms with van der Waals surface area (Å²) in [6.07, 6.45) is 3.80. The first-order valence-corrected chi connectivity index (χ1v) is 15.6. The van der Waals surface area contributed by atoms with Crippen molar-refractivity contribution in [3.05, 3.63) is 101 Å². The van der Waals surface area contributed by atoms with Crippen LogP contribution in [0, 0.1) is 10.8 Å². The summed E-state index contributed by atoms with van der Waals surface area (Å²) in [7, 11) is 0. The average molecular weight is 584 g/mol. The maximum Gasteiger partial charge on any atom is 0.319 e. The number of carbonyl (C=O) groups excluding carboxylic acids is 1. The fourth-order valence-corrected chi connectivity index (χ4v) is 7.80. The van der Waals surface area contributed by atoms with Crippen LogP contribution in [0.1, 0.15) is 81.1 Å². The fourth-order valence-electron chi connectivity index (χ4n) is 7.80. The predicted molar refractivity (Wildman–Crippen MR) is 168 cm³/mol. The molecule has 228 valence electrons. The van der Waals surface area contributed by atoms with Gasteiger partial charge in [0.15, 0.2) is 6.29 Å². The molecule has 0 radical (unpaired) electrons. The third-order valence-corrected chi connectivity index (χ3v) is 9.29. The van der Waals surface area contributed by atoms with Crippen molar-refractivity contribution >= 4 is 11.7 Å². The van der Waals surface area contributed by atoms with E-state index in [1.165, 1.54) is 19.3 Å². The van der Waals surface area contributed by atoms with Gasteiger partial charge in [-0.1, -0.05) is 87.5 Å². The van der Waals surface area contributed by atoms with Gasteiger partial charge in [0.2, 0.25) is 0 Å². The van der Waals surface area contributed by atoms with Crippen molar-refractivity contribution in [3.8, 4) is 0 Å². The number of likely N-dealkylation sites (tertiary alicyclic amines) is 1. The molecule has 6 rings (SSSR count). The summed E-state index contributed by atoms with van der Waals surface area (Å²) in [6.45, 7) is 9.74. The largest absolute Gasteiger partial charge is 0.392 e. The van der Waals surface area contributed by atoms with Crippen LogP contribution in [0.3, 0.4) is 0 Å². The lowest BCUT2D eigenvalue weighted by molar-refractivity contribution is -0.253. The number of hydrogen-bond acceptors (Lipinski definition) is 5. The van der Waals surface area contributed by atoms with Crippen molar-refractivity contribution < 1.29 is 19.4 Å². The van der Waals surface area contributed by atoms with Gasteiger partial charge in [0.05, 0.1) is 18.8 Å². The first-order chi connectivity index (χ1) is 20.7. The molecule has 2 heterocycles. The highest BCUT2D eigenvalue weighted by atomic mass is 16.7. The summed E-state index contributed by atoms with van der Waals surface area (Å²) in [4.78, 5) is 15.3. The van der Waals surface area contributed by atoms with Crippen LogP contribution in [0.5, 0.6) is 0 Å². The van der Waals surface area contributed by atoms with E-state index in [2.05, 4.69) is 48.4 Å². The quantitative estimate of drug-likeness (QED) is 0.267. The van der Waals surface area contributed by atoms with Crippen LogP contribution in [0.2, 0.25) is 0 Å². The zero-order valence-corrected chi connectivity index (χ0v) is 25.6. The second kappa shape index (κ2) is 12.4. The maximum atomic E-state index is 12.7. The molecule has 3 aliphatic rings. The maximum absolute atomic E-state index is 12.7. The summed E-state index contributed by atoms with van der Waals surface area (Å²) >= 11 is 0. The van der Waals surface area contributed by atoms with Crippen molar-refractivity contribution in [1.29, 1.82) is 0 Å². The van der Waals surface area contributed by atoms with E-state index in [9.17, 15) is 9.90 Å².